The molecule has 3 unspecified atom stereocenters. The smallest absolute Gasteiger partial charge is 0.0341 e. The average molecular weight is 339 g/mol. The molecule has 20 heavy (non-hydrogen) atoms. The maximum absolute atomic E-state index is 3.68. The van der Waals surface area contributed by atoms with Crippen LogP contribution in [0.5, 0.6) is 0 Å². The molecule has 1 aliphatic heterocycles. The third kappa shape index (κ3) is 3.63. The van der Waals surface area contributed by atoms with E-state index < -0.39 is 0 Å². The molecule has 112 valence electrons. The Labute approximate surface area is 132 Å². The molecule has 0 saturated carbocycles. The minimum absolute atomic E-state index is 0.427. The lowest BCUT2D eigenvalue weighted by atomic mass is 10.0. The summed E-state index contributed by atoms with van der Waals surface area (Å²) in [5, 5.41) is 3.47. The van der Waals surface area contributed by atoms with E-state index in [4.69, 9.17) is 0 Å². The Hall–Kier alpha value is -0.380. The molecule has 2 nitrogen and oxygen atoms in total. The van der Waals surface area contributed by atoms with Crippen LogP contribution in [0.2, 0.25) is 0 Å². The van der Waals surface area contributed by atoms with Gasteiger partial charge >= 0.3 is 0 Å². The Morgan fingerprint density at radius 1 is 1.35 bits per heavy atom. The van der Waals surface area contributed by atoms with E-state index in [-0.39, 0.29) is 0 Å². The normalized spacial score (nSPS) is 25.0. The van der Waals surface area contributed by atoms with Crippen LogP contribution in [0.1, 0.15) is 51.1 Å². The molecule has 1 heterocycles. The Kier molecular flexibility index (Phi) is 6.06. The van der Waals surface area contributed by atoms with Gasteiger partial charge in [-0.2, -0.15) is 0 Å². The fraction of sp³-hybridized carbons (Fsp3) is 0.647. The van der Waals surface area contributed by atoms with Crippen LogP contribution in [0.25, 0.3) is 0 Å². The lowest BCUT2D eigenvalue weighted by Crippen LogP contribution is -2.36. The van der Waals surface area contributed by atoms with E-state index >= 15 is 0 Å². The van der Waals surface area contributed by atoms with Crippen molar-refractivity contribution in [3.63, 3.8) is 0 Å². The van der Waals surface area contributed by atoms with Crippen molar-refractivity contribution in [1.29, 1.82) is 0 Å². The van der Waals surface area contributed by atoms with E-state index in [0.717, 1.165) is 12.1 Å². The number of likely N-dealkylation sites (tertiary alicyclic amines) is 1. The zero-order valence-electron chi connectivity index (χ0n) is 12.9. The van der Waals surface area contributed by atoms with Crippen molar-refractivity contribution in [3.8, 4) is 0 Å². The third-order valence-electron chi connectivity index (χ3n) is 4.73. The predicted molar refractivity (Wildman–Crippen MR) is 90.0 cm³/mol. The van der Waals surface area contributed by atoms with Gasteiger partial charge < -0.3 is 5.32 Å². The zero-order valence-corrected chi connectivity index (χ0v) is 14.5. The monoisotopic (exact) mass is 338 g/mol. The lowest BCUT2D eigenvalue weighted by molar-refractivity contribution is 0.189. The third-order valence-corrected chi connectivity index (χ3v) is 5.45. The highest BCUT2D eigenvalue weighted by Crippen LogP contribution is 2.29. The summed E-state index contributed by atoms with van der Waals surface area (Å²) in [6.07, 6.45) is 5.18. The van der Waals surface area contributed by atoms with E-state index in [1.165, 1.54) is 42.3 Å². The largest absolute Gasteiger partial charge is 0.313 e. The molecule has 0 aliphatic carbocycles. The van der Waals surface area contributed by atoms with Gasteiger partial charge in [0.15, 0.2) is 0 Å². The molecule has 0 radical (unpaired) electrons. The van der Waals surface area contributed by atoms with E-state index in [9.17, 15) is 0 Å². The first-order valence-electron chi connectivity index (χ1n) is 7.84. The minimum atomic E-state index is 0.427. The zero-order chi connectivity index (χ0) is 14.5. The average Bonchev–Trinajstić information content (AvgIpc) is 2.82. The second-order valence-electron chi connectivity index (χ2n) is 5.88. The summed E-state index contributed by atoms with van der Waals surface area (Å²) in [5.41, 5.74) is 1.37. The van der Waals surface area contributed by atoms with Crippen LogP contribution in [0.4, 0.5) is 0 Å². The first-order chi connectivity index (χ1) is 9.67. The van der Waals surface area contributed by atoms with Crippen molar-refractivity contribution in [2.75, 3.05) is 13.6 Å². The van der Waals surface area contributed by atoms with Gasteiger partial charge in [0.05, 0.1) is 0 Å². The molecule has 1 aliphatic rings. The summed E-state index contributed by atoms with van der Waals surface area (Å²) >= 11 is 3.68. The molecule has 0 spiro atoms. The number of hydrogen-bond donors (Lipinski definition) is 1. The fourth-order valence-electron chi connectivity index (χ4n) is 3.46. The summed E-state index contributed by atoms with van der Waals surface area (Å²) in [5.74, 6) is 0. The number of nitrogens with zero attached hydrogens (tertiary/aromatic N) is 1. The Morgan fingerprint density at radius 2 is 2.10 bits per heavy atom. The van der Waals surface area contributed by atoms with Crippen LogP contribution in [0, 0.1) is 0 Å². The van der Waals surface area contributed by atoms with E-state index in [2.05, 4.69) is 71.3 Å². The van der Waals surface area contributed by atoms with Crippen molar-refractivity contribution in [3.05, 3.63) is 34.3 Å². The molecule has 0 amide bonds. The predicted octanol–water partition coefficient (Wildman–Crippen LogP) is 4.36. The van der Waals surface area contributed by atoms with Crippen LogP contribution in [-0.4, -0.2) is 30.6 Å². The molecule has 3 heteroatoms. The van der Waals surface area contributed by atoms with Crippen LogP contribution in [0.15, 0.2) is 28.7 Å². The van der Waals surface area contributed by atoms with E-state index in [1.807, 2.05) is 0 Å². The molecule has 1 fully saturated rings. The second-order valence-corrected chi connectivity index (χ2v) is 6.73. The van der Waals surface area contributed by atoms with Gasteiger partial charge in [0.25, 0.3) is 0 Å². The molecular formula is C17H27BrN2. The van der Waals surface area contributed by atoms with Crippen LogP contribution >= 0.6 is 15.9 Å². The molecule has 1 aromatic carbocycles. The van der Waals surface area contributed by atoms with Crippen molar-refractivity contribution in [2.24, 2.45) is 0 Å². The highest BCUT2D eigenvalue weighted by molar-refractivity contribution is 9.10. The highest BCUT2D eigenvalue weighted by atomic mass is 79.9. The van der Waals surface area contributed by atoms with Crippen molar-refractivity contribution in [1.82, 2.24) is 10.2 Å². The van der Waals surface area contributed by atoms with Gasteiger partial charge in [0.1, 0.15) is 0 Å². The van der Waals surface area contributed by atoms with Crippen LogP contribution < -0.4 is 5.32 Å². The van der Waals surface area contributed by atoms with E-state index in [0.29, 0.717) is 6.04 Å². The van der Waals surface area contributed by atoms with E-state index in [1.54, 1.807) is 0 Å². The van der Waals surface area contributed by atoms with Gasteiger partial charge in [-0.05, 0) is 51.3 Å². The minimum Gasteiger partial charge on any atom is -0.313 e. The first-order valence-corrected chi connectivity index (χ1v) is 8.64. The molecule has 1 N–H and O–H groups in total. The second kappa shape index (κ2) is 7.58. The maximum atomic E-state index is 3.68. The van der Waals surface area contributed by atoms with Crippen molar-refractivity contribution < 1.29 is 0 Å². The number of benzene rings is 1. The topological polar surface area (TPSA) is 15.3 Å². The first kappa shape index (κ1) is 16.0. The Balaban J connectivity index is 1.99. The maximum Gasteiger partial charge on any atom is 0.0341 e. The Morgan fingerprint density at radius 3 is 2.75 bits per heavy atom. The van der Waals surface area contributed by atoms with Gasteiger partial charge in [-0.3, -0.25) is 4.90 Å². The number of nitrogens with one attached hydrogen (secondary N) is 1. The molecular weight excluding hydrogens is 312 g/mol. The van der Waals surface area contributed by atoms with Crippen LogP contribution in [0.3, 0.4) is 0 Å². The standard InChI is InChI=1S/C17H27BrN2/c1-4-14-10-9-13(2)20(14)12-11-17(19-3)15-7-5-6-8-16(15)18/h5-8,13-14,17,19H,4,9-12H2,1-3H3. The summed E-state index contributed by atoms with van der Waals surface area (Å²) < 4.78 is 1.21. The SMILES string of the molecule is CCC1CCC(C)N1CCC(NC)c1ccccc1Br. The molecule has 1 saturated heterocycles. The molecule has 0 bridgehead atoms. The molecule has 3 atom stereocenters. The van der Waals surface area contributed by atoms with Gasteiger partial charge in [-0.25, -0.2) is 0 Å². The van der Waals surface area contributed by atoms with Crippen LogP contribution in [-0.2, 0) is 0 Å². The molecule has 2 rings (SSSR count). The van der Waals surface area contributed by atoms with Gasteiger partial charge in [-0.1, -0.05) is 41.1 Å². The summed E-state index contributed by atoms with van der Waals surface area (Å²) in [4.78, 5) is 2.71. The number of rotatable bonds is 6. The fourth-order valence-corrected chi connectivity index (χ4v) is 4.02. The highest BCUT2D eigenvalue weighted by Gasteiger charge is 2.29. The number of hydrogen-bond acceptors (Lipinski definition) is 2. The summed E-state index contributed by atoms with van der Waals surface area (Å²) in [6.45, 7) is 5.88. The summed E-state index contributed by atoms with van der Waals surface area (Å²) in [7, 11) is 2.06. The lowest BCUT2D eigenvalue weighted by Gasteiger charge is -2.29. The van der Waals surface area contributed by atoms with Crippen molar-refractivity contribution in [2.45, 2.75) is 57.7 Å². The van der Waals surface area contributed by atoms with Gasteiger partial charge in [0.2, 0.25) is 0 Å². The van der Waals surface area contributed by atoms with Crippen molar-refractivity contribution >= 4 is 15.9 Å². The van der Waals surface area contributed by atoms with Gasteiger partial charge in [0, 0.05) is 29.1 Å². The Bertz CT molecular complexity index is 421. The van der Waals surface area contributed by atoms with Gasteiger partial charge in [-0.15, -0.1) is 0 Å². The molecule has 1 aromatic rings. The quantitative estimate of drug-likeness (QED) is 0.828. The summed E-state index contributed by atoms with van der Waals surface area (Å²) in [6, 6.07) is 10.5. The number of halogens is 1. The molecule has 0 aromatic heterocycles.